The van der Waals surface area contributed by atoms with E-state index in [0.717, 1.165) is 12.8 Å². The number of unbranched alkanes of at least 4 members (excludes halogenated alkanes) is 5. The Bertz CT molecular complexity index is 185. The molecule has 0 fully saturated rings. The van der Waals surface area contributed by atoms with Crippen molar-refractivity contribution in [2.45, 2.75) is 84.7 Å². The van der Waals surface area contributed by atoms with Crippen molar-refractivity contribution in [1.82, 2.24) is 0 Å². The van der Waals surface area contributed by atoms with E-state index in [1.54, 1.807) is 0 Å². The van der Waals surface area contributed by atoms with Crippen molar-refractivity contribution in [3.05, 3.63) is 0 Å². The molecule has 0 saturated carbocycles. The number of ether oxygens (including phenoxy) is 1. The van der Waals surface area contributed by atoms with Gasteiger partial charge in [-0.25, -0.2) is 0 Å². The second kappa shape index (κ2) is 8.60. The number of hydrogen-bond donors (Lipinski definition) is 0. The van der Waals surface area contributed by atoms with E-state index in [2.05, 4.69) is 6.92 Å². The third kappa shape index (κ3) is 8.75. The van der Waals surface area contributed by atoms with Gasteiger partial charge in [0.05, 0.1) is 0 Å². The second-order valence-electron chi connectivity index (χ2n) is 5.11. The van der Waals surface area contributed by atoms with Crippen LogP contribution in [0.3, 0.4) is 0 Å². The van der Waals surface area contributed by atoms with Crippen molar-refractivity contribution in [2.75, 3.05) is 0 Å². The van der Waals surface area contributed by atoms with Gasteiger partial charge in [-0.05, 0) is 26.7 Å². The van der Waals surface area contributed by atoms with Gasteiger partial charge >= 0.3 is 5.97 Å². The SMILES string of the molecule is CCCCCCCCC(C)(C)OC(=O)CC. The van der Waals surface area contributed by atoms with Crippen molar-refractivity contribution in [3.63, 3.8) is 0 Å². The fourth-order valence-corrected chi connectivity index (χ4v) is 1.76. The molecule has 0 bridgehead atoms. The fraction of sp³-hybridized carbons (Fsp3) is 0.929. The van der Waals surface area contributed by atoms with E-state index in [0.29, 0.717) is 6.42 Å². The molecule has 0 aliphatic carbocycles. The van der Waals surface area contributed by atoms with Gasteiger partial charge in [-0.3, -0.25) is 4.79 Å². The smallest absolute Gasteiger partial charge is 0.306 e. The Morgan fingerprint density at radius 3 is 2.12 bits per heavy atom. The van der Waals surface area contributed by atoms with E-state index >= 15 is 0 Å². The number of hydrogen-bond acceptors (Lipinski definition) is 2. The summed E-state index contributed by atoms with van der Waals surface area (Å²) < 4.78 is 5.38. The lowest BCUT2D eigenvalue weighted by Gasteiger charge is -2.24. The normalized spacial score (nSPS) is 11.5. The molecule has 0 aromatic carbocycles. The predicted molar refractivity (Wildman–Crippen MR) is 68.5 cm³/mol. The summed E-state index contributed by atoms with van der Waals surface area (Å²) in [5, 5.41) is 0. The Labute approximate surface area is 101 Å². The summed E-state index contributed by atoms with van der Waals surface area (Å²) in [5.74, 6) is -0.0871. The Hall–Kier alpha value is -0.530. The van der Waals surface area contributed by atoms with Crippen LogP contribution in [0.25, 0.3) is 0 Å². The molecule has 0 radical (unpaired) electrons. The molecule has 0 N–H and O–H groups in total. The van der Waals surface area contributed by atoms with Crippen LogP contribution in [-0.4, -0.2) is 11.6 Å². The third-order valence-electron chi connectivity index (χ3n) is 2.81. The van der Waals surface area contributed by atoms with E-state index in [4.69, 9.17) is 4.74 Å². The minimum absolute atomic E-state index is 0.0871. The van der Waals surface area contributed by atoms with E-state index in [-0.39, 0.29) is 11.6 Å². The average molecular weight is 228 g/mol. The Balaban J connectivity index is 3.54. The summed E-state index contributed by atoms with van der Waals surface area (Å²) in [5.41, 5.74) is -0.280. The molecule has 0 unspecified atom stereocenters. The van der Waals surface area contributed by atoms with Gasteiger partial charge < -0.3 is 4.74 Å². The molecule has 2 heteroatoms. The van der Waals surface area contributed by atoms with Crippen LogP contribution in [0.2, 0.25) is 0 Å². The first-order valence-corrected chi connectivity index (χ1v) is 6.73. The number of carbonyl (C=O) groups is 1. The molecule has 2 nitrogen and oxygen atoms in total. The van der Waals surface area contributed by atoms with Crippen LogP contribution in [-0.2, 0) is 9.53 Å². The molecule has 16 heavy (non-hydrogen) atoms. The molecule has 0 saturated heterocycles. The molecule has 0 aromatic heterocycles. The van der Waals surface area contributed by atoms with Crippen LogP contribution >= 0.6 is 0 Å². The molecular weight excluding hydrogens is 200 g/mol. The summed E-state index contributed by atoms with van der Waals surface area (Å²) in [6.07, 6.45) is 9.15. The molecule has 0 aliphatic heterocycles. The van der Waals surface area contributed by atoms with Crippen LogP contribution in [0.15, 0.2) is 0 Å². The summed E-state index contributed by atoms with van der Waals surface area (Å²) in [6.45, 7) is 8.08. The van der Waals surface area contributed by atoms with Gasteiger partial charge in [-0.2, -0.15) is 0 Å². The van der Waals surface area contributed by atoms with Gasteiger partial charge in [0.2, 0.25) is 0 Å². The maximum Gasteiger partial charge on any atom is 0.306 e. The number of carbonyl (C=O) groups excluding carboxylic acids is 1. The number of esters is 1. The molecule has 0 aromatic rings. The Morgan fingerprint density at radius 2 is 1.56 bits per heavy atom. The van der Waals surface area contributed by atoms with E-state index in [1.807, 2.05) is 20.8 Å². The zero-order chi connectivity index (χ0) is 12.4. The first-order chi connectivity index (χ1) is 7.52. The van der Waals surface area contributed by atoms with Gasteiger partial charge in [-0.15, -0.1) is 0 Å². The van der Waals surface area contributed by atoms with Crippen molar-refractivity contribution in [2.24, 2.45) is 0 Å². The monoisotopic (exact) mass is 228 g/mol. The Morgan fingerprint density at radius 1 is 1.00 bits per heavy atom. The highest BCUT2D eigenvalue weighted by Crippen LogP contribution is 2.20. The molecular formula is C14H28O2. The maximum absolute atomic E-state index is 11.2. The molecule has 0 aliphatic rings. The average Bonchev–Trinajstić information content (AvgIpc) is 2.22. The summed E-state index contributed by atoms with van der Waals surface area (Å²) in [6, 6.07) is 0. The topological polar surface area (TPSA) is 26.3 Å². The van der Waals surface area contributed by atoms with Crippen molar-refractivity contribution in [1.29, 1.82) is 0 Å². The highest BCUT2D eigenvalue weighted by molar-refractivity contribution is 5.69. The molecule has 96 valence electrons. The molecule has 0 rings (SSSR count). The second-order valence-corrected chi connectivity index (χ2v) is 5.11. The maximum atomic E-state index is 11.2. The lowest BCUT2D eigenvalue weighted by atomic mass is 9.99. The summed E-state index contributed by atoms with van der Waals surface area (Å²) in [7, 11) is 0. The molecule has 0 spiro atoms. The third-order valence-corrected chi connectivity index (χ3v) is 2.81. The van der Waals surface area contributed by atoms with E-state index < -0.39 is 0 Å². The van der Waals surface area contributed by atoms with Gasteiger partial charge in [-0.1, -0.05) is 46.0 Å². The fourth-order valence-electron chi connectivity index (χ4n) is 1.76. The standard InChI is InChI=1S/C14H28O2/c1-5-7-8-9-10-11-12-14(3,4)16-13(15)6-2/h5-12H2,1-4H3. The van der Waals surface area contributed by atoms with Crippen LogP contribution in [0.4, 0.5) is 0 Å². The van der Waals surface area contributed by atoms with Crippen LogP contribution in [0, 0.1) is 0 Å². The molecule has 0 atom stereocenters. The first kappa shape index (κ1) is 15.5. The van der Waals surface area contributed by atoms with E-state index in [9.17, 15) is 4.79 Å². The highest BCUT2D eigenvalue weighted by Gasteiger charge is 2.21. The number of rotatable bonds is 9. The van der Waals surface area contributed by atoms with E-state index in [1.165, 1.54) is 32.1 Å². The summed E-state index contributed by atoms with van der Waals surface area (Å²) >= 11 is 0. The minimum Gasteiger partial charge on any atom is -0.460 e. The largest absolute Gasteiger partial charge is 0.460 e. The van der Waals surface area contributed by atoms with Gasteiger partial charge in [0, 0.05) is 6.42 Å². The zero-order valence-corrected chi connectivity index (χ0v) is 11.5. The van der Waals surface area contributed by atoms with Crippen LogP contribution in [0.5, 0.6) is 0 Å². The van der Waals surface area contributed by atoms with Gasteiger partial charge in [0.25, 0.3) is 0 Å². The van der Waals surface area contributed by atoms with Crippen molar-refractivity contribution in [3.8, 4) is 0 Å². The molecule has 0 amide bonds. The van der Waals surface area contributed by atoms with Crippen LogP contribution < -0.4 is 0 Å². The lowest BCUT2D eigenvalue weighted by molar-refractivity contribution is -0.156. The quantitative estimate of drug-likeness (QED) is 0.430. The first-order valence-electron chi connectivity index (χ1n) is 6.73. The highest BCUT2D eigenvalue weighted by atomic mass is 16.6. The summed E-state index contributed by atoms with van der Waals surface area (Å²) in [4.78, 5) is 11.2. The lowest BCUT2D eigenvalue weighted by Crippen LogP contribution is -2.27. The van der Waals surface area contributed by atoms with Crippen molar-refractivity contribution < 1.29 is 9.53 Å². The van der Waals surface area contributed by atoms with Gasteiger partial charge in [0.1, 0.15) is 5.60 Å². The molecule has 0 heterocycles. The van der Waals surface area contributed by atoms with Crippen molar-refractivity contribution >= 4 is 5.97 Å². The Kier molecular flexibility index (Phi) is 8.32. The zero-order valence-electron chi connectivity index (χ0n) is 11.5. The van der Waals surface area contributed by atoms with Crippen LogP contribution in [0.1, 0.15) is 79.1 Å². The predicted octanol–water partition coefficient (Wildman–Crippen LogP) is 4.47. The van der Waals surface area contributed by atoms with Gasteiger partial charge in [0.15, 0.2) is 0 Å². The minimum atomic E-state index is -0.280.